The number of rotatable bonds is 2. The minimum Gasteiger partial charge on any atom is -0.296 e. The Labute approximate surface area is 118 Å². The van der Waals surface area contributed by atoms with Crippen molar-refractivity contribution in [3.63, 3.8) is 0 Å². The average Bonchev–Trinajstić information content (AvgIpc) is 2.32. The van der Waals surface area contributed by atoms with Crippen molar-refractivity contribution >= 4 is 15.9 Å². The predicted octanol–water partition coefficient (Wildman–Crippen LogP) is 2.76. The van der Waals surface area contributed by atoms with Crippen molar-refractivity contribution in [2.75, 3.05) is 26.2 Å². The van der Waals surface area contributed by atoms with Crippen LogP contribution in [-0.2, 0) is 6.54 Å². The monoisotopic (exact) mass is 311 g/mol. The standard InChI is InChI=1S/C14H22BrN3/c1-14(2,3)18-8-6-17(7-9-18)11-12-4-5-13(15)16-10-12/h4-5,10H,6-9,11H2,1-3H3. The van der Waals surface area contributed by atoms with E-state index in [1.54, 1.807) is 0 Å². The number of halogens is 1. The van der Waals surface area contributed by atoms with Crippen LogP contribution in [0.3, 0.4) is 0 Å². The molecule has 100 valence electrons. The highest BCUT2D eigenvalue weighted by molar-refractivity contribution is 9.10. The Balaban J connectivity index is 1.85. The van der Waals surface area contributed by atoms with Gasteiger partial charge in [-0.2, -0.15) is 0 Å². The maximum absolute atomic E-state index is 4.28. The van der Waals surface area contributed by atoms with Crippen LogP contribution in [0.2, 0.25) is 0 Å². The van der Waals surface area contributed by atoms with E-state index < -0.39 is 0 Å². The number of pyridine rings is 1. The lowest BCUT2D eigenvalue weighted by Crippen LogP contribution is -2.53. The third-order valence-corrected chi connectivity index (χ3v) is 3.98. The highest BCUT2D eigenvalue weighted by Gasteiger charge is 2.25. The summed E-state index contributed by atoms with van der Waals surface area (Å²) in [5.74, 6) is 0. The van der Waals surface area contributed by atoms with Gasteiger partial charge in [-0.25, -0.2) is 4.98 Å². The molecule has 0 unspecified atom stereocenters. The Hall–Kier alpha value is -0.450. The molecule has 18 heavy (non-hydrogen) atoms. The molecule has 0 aromatic carbocycles. The number of piperazine rings is 1. The molecule has 1 aromatic heterocycles. The summed E-state index contributed by atoms with van der Waals surface area (Å²) >= 11 is 3.37. The van der Waals surface area contributed by atoms with Crippen LogP contribution in [-0.4, -0.2) is 46.5 Å². The Morgan fingerprint density at radius 2 is 1.83 bits per heavy atom. The molecule has 0 spiro atoms. The number of hydrogen-bond donors (Lipinski definition) is 0. The zero-order chi connectivity index (χ0) is 13.2. The van der Waals surface area contributed by atoms with E-state index in [1.165, 1.54) is 5.56 Å². The normalized spacial score (nSPS) is 19.1. The summed E-state index contributed by atoms with van der Waals surface area (Å²) in [5, 5.41) is 0. The van der Waals surface area contributed by atoms with E-state index in [1.807, 2.05) is 12.3 Å². The van der Waals surface area contributed by atoms with E-state index in [0.717, 1.165) is 37.3 Å². The third kappa shape index (κ3) is 3.77. The molecule has 4 heteroatoms. The molecule has 0 saturated carbocycles. The Bertz CT molecular complexity index is 375. The average molecular weight is 312 g/mol. The fourth-order valence-electron chi connectivity index (χ4n) is 2.33. The van der Waals surface area contributed by atoms with Gasteiger partial charge >= 0.3 is 0 Å². The van der Waals surface area contributed by atoms with Gasteiger partial charge in [0, 0.05) is 44.5 Å². The molecule has 0 amide bonds. The van der Waals surface area contributed by atoms with E-state index in [2.05, 4.69) is 57.6 Å². The van der Waals surface area contributed by atoms with Gasteiger partial charge in [0.1, 0.15) is 4.60 Å². The van der Waals surface area contributed by atoms with Gasteiger partial charge < -0.3 is 0 Å². The fourth-order valence-corrected chi connectivity index (χ4v) is 2.57. The highest BCUT2D eigenvalue weighted by Crippen LogP contribution is 2.17. The summed E-state index contributed by atoms with van der Waals surface area (Å²) < 4.78 is 0.906. The van der Waals surface area contributed by atoms with Gasteiger partial charge in [0.15, 0.2) is 0 Å². The molecule has 1 aliphatic rings. The Kier molecular flexibility index (Phi) is 4.41. The van der Waals surface area contributed by atoms with Crippen molar-refractivity contribution in [2.24, 2.45) is 0 Å². The van der Waals surface area contributed by atoms with Gasteiger partial charge in [-0.05, 0) is 48.3 Å². The fraction of sp³-hybridized carbons (Fsp3) is 0.643. The van der Waals surface area contributed by atoms with Crippen LogP contribution in [0.25, 0.3) is 0 Å². The van der Waals surface area contributed by atoms with E-state index >= 15 is 0 Å². The molecular weight excluding hydrogens is 290 g/mol. The van der Waals surface area contributed by atoms with Crippen LogP contribution in [0.15, 0.2) is 22.9 Å². The van der Waals surface area contributed by atoms with Gasteiger partial charge in [-0.1, -0.05) is 6.07 Å². The van der Waals surface area contributed by atoms with E-state index in [4.69, 9.17) is 0 Å². The van der Waals surface area contributed by atoms with Gasteiger partial charge in [-0.3, -0.25) is 9.80 Å². The molecular formula is C14H22BrN3. The topological polar surface area (TPSA) is 19.4 Å². The number of aromatic nitrogens is 1. The lowest BCUT2D eigenvalue weighted by Gasteiger charge is -2.42. The first-order chi connectivity index (χ1) is 8.45. The minimum absolute atomic E-state index is 0.297. The molecule has 1 fully saturated rings. The van der Waals surface area contributed by atoms with Crippen LogP contribution < -0.4 is 0 Å². The van der Waals surface area contributed by atoms with E-state index in [9.17, 15) is 0 Å². The summed E-state index contributed by atoms with van der Waals surface area (Å²) in [4.78, 5) is 9.34. The lowest BCUT2D eigenvalue weighted by atomic mass is 10.0. The first kappa shape index (κ1) is 14.0. The van der Waals surface area contributed by atoms with Crippen molar-refractivity contribution in [3.05, 3.63) is 28.5 Å². The smallest absolute Gasteiger partial charge is 0.106 e. The lowest BCUT2D eigenvalue weighted by molar-refractivity contribution is 0.0590. The molecule has 1 aromatic rings. The number of hydrogen-bond acceptors (Lipinski definition) is 3. The van der Waals surface area contributed by atoms with Crippen molar-refractivity contribution < 1.29 is 0 Å². The second kappa shape index (κ2) is 5.68. The summed E-state index contributed by atoms with van der Waals surface area (Å²) in [7, 11) is 0. The van der Waals surface area contributed by atoms with Crippen molar-refractivity contribution in [1.82, 2.24) is 14.8 Å². The third-order valence-electron chi connectivity index (χ3n) is 3.52. The molecule has 0 radical (unpaired) electrons. The molecule has 0 atom stereocenters. The van der Waals surface area contributed by atoms with Crippen molar-refractivity contribution in [3.8, 4) is 0 Å². The van der Waals surface area contributed by atoms with Crippen LogP contribution in [0.4, 0.5) is 0 Å². The zero-order valence-electron chi connectivity index (χ0n) is 11.5. The zero-order valence-corrected chi connectivity index (χ0v) is 13.1. The maximum Gasteiger partial charge on any atom is 0.106 e. The van der Waals surface area contributed by atoms with Crippen LogP contribution in [0, 0.1) is 0 Å². The highest BCUT2D eigenvalue weighted by atomic mass is 79.9. The van der Waals surface area contributed by atoms with Gasteiger partial charge in [0.05, 0.1) is 0 Å². The molecule has 1 saturated heterocycles. The first-order valence-electron chi connectivity index (χ1n) is 6.53. The molecule has 2 heterocycles. The summed E-state index contributed by atoms with van der Waals surface area (Å²) in [6.07, 6.45) is 1.96. The van der Waals surface area contributed by atoms with Gasteiger partial charge in [0.25, 0.3) is 0 Å². The second-order valence-corrected chi connectivity index (χ2v) is 6.74. The predicted molar refractivity (Wildman–Crippen MR) is 78.5 cm³/mol. The largest absolute Gasteiger partial charge is 0.296 e. The molecule has 2 rings (SSSR count). The van der Waals surface area contributed by atoms with E-state index in [-0.39, 0.29) is 0 Å². The van der Waals surface area contributed by atoms with E-state index in [0.29, 0.717) is 5.54 Å². The van der Waals surface area contributed by atoms with Gasteiger partial charge in [-0.15, -0.1) is 0 Å². The summed E-state index contributed by atoms with van der Waals surface area (Å²) in [6.45, 7) is 12.5. The Morgan fingerprint density at radius 3 is 2.33 bits per heavy atom. The van der Waals surface area contributed by atoms with Gasteiger partial charge in [0.2, 0.25) is 0 Å². The minimum atomic E-state index is 0.297. The molecule has 3 nitrogen and oxygen atoms in total. The van der Waals surface area contributed by atoms with Crippen molar-refractivity contribution in [2.45, 2.75) is 32.9 Å². The van der Waals surface area contributed by atoms with Crippen molar-refractivity contribution in [1.29, 1.82) is 0 Å². The molecule has 1 aliphatic heterocycles. The maximum atomic E-state index is 4.28. The molecule has 0 N–H and O–H groups in total. The second-order valence-electron chi connectivity index (χ2n) is 5.92. The van der Waals surface area contributed by atoms with Crippen LogP contribution >= 0.6 is 15.9 Å². The summed E-state index contributed by atoms with van der Waals surface area (Å²) in [6, 6.07) is 4.16. The number of nitrogens with zero attached hydrogens (tertiary/aromatic N) is 3. The quantitative estimate of drug-likeness (QED) is 0.783. The van der Waals surface area contributed by atoms with Crippen LogP contribution in [0.5, 0.6) is 0 Å². The SMILES string of the molecule is CC(C)(C)N1CCN(Cc2ccc(Br)nc2)CC1. The molecule has 0 bridgehead atoms. The Morgan fingerprint density at radius 1 is 1.17 bits per heavy atom. The van der Waals surface area contributed by atoms with Crippen LogP contribution in [0.1, 0.15) is 26.3 Å². The first-order valence-corrected chi connectivity index (χ1v) is 7.32. The molecule has 0 aliphatic carbocycles. The summed E-state index contributed by atoms with van der Waals surface area (Å²) in [5.41, 5.74) is 1.59.